The van der Waals surface area contributed by atoms with Gasteiger partial charge in [0.05, 0.1) is 11.7 Å². The van der Waals surface area contributed by atoms with E-state index >= 15 is 0 Å². The monoisotopic (exact) mass is 236 g/mol. The van der Waals surface area contributed by atoms with E-state index in [4.69, 9.17) is 0 Å². The summed E-state index contributed by atoms with van der Waals surface area (Å²) < 4.78 is 13.7. The Morgan fingerprint density at radius 3 is 2.76 bits per heavy atom. The number of benzene rings is 1. The molecule has 92 valence electrons. The molecular weight excluding hydrogens is 219 g/mol. The van der Waals surface area contributed by atoms with E-state index in [1.165, 1.54) is 6.07 Å². The summed E-state index contributed by atoms with van der Waals surface area (Å²) in [4.78, 5) is 13.7. The van der Waals surface area contributed by atoms with Crippen molar-refractivity contribution < 1.29 is 9.18 Å². The summed E-state index contributed by atoms with van der Waals surface area (Å²) in [5.74, 6) is -0.106. The molecule has 2 unspecified atom stereocenters. The first kappa shape index (κ1) is 12.0. The van der Waals surface area contributed by atoms with E-state index in [2.05, 4.69) is 5.32 Å². The summed E-state index contributed by atoms with van der Waals surface area (Å²) in [7, 11) is 0. The molecule has 1 heterocycles. The van der Waals surface area contributed by atoms with Crippen LogP contribution >= 0.6 is 0 Å². The molecule has 17 heavy (non-hydrogen) atoms. The first-order valence-electron chi connectivity index (χ1n) is 5.89. The number of nitrogens with zero attached hydrogens (tertiary/aromatic N) is 1. The van der Waals surface area contributed by atoms with Crippen molar-refractivity contribution in [1.82, 2.24) is 5.32 Å². The predicted octanol–water partition coefficient (Wildman–Crippen LogP) is 1.79. The lowest BCUT2D eigenvalue weighted by Gasteiger charge is -2.24. The maximum atomic E-state index is 13.7. The highest BCUT2D eigenvalue weighted by atomic mass is 19.1. The van der Waals surface area contributed by atoms with Crippen LogP contribution in [0.15, 0.2) is 24.3 Å². The lowest BCUT2D eigenvalue weighted by molar-refractivity contribution is -0.119. The topological polar surface area (TPSA) is 32.3 Å². The minimum atomic E-state index is -0.345. The molecule has 1 aliphatic rings. The molecule has 4 heteroatoms. The molecule has 3 nitrogen and oxygen atoms in total. The third-order valence-electron chi connectivity index (χ3n) is 3.05. The van der Waals surface area contributed by atoms with Crippen molar-refractivity contribution >= 4 is 11.6 Å². The Balaban J connectivity index is 2.34. The second-order valence-electron chi connectivity index (χ2n) is 4.64. The number of hydrogen-bond donors (Lipinski definition) is 1. The molecule has 1 amide bonds. The van der Waals surface area contributed by atoms with Gasteiger partial charge in [-0.25, -0.2) is 4.39 Å². The molecule has 1 N–H and O–H groups in total. The van der Waals surface area contributed by atoms with Crippen molar-refractivity contribution in [2.75, 3.05) is 18.0 Å². The Kier molecular flexibility index (Phi) is 3.43. The number of amides is 1. The molecule has 0 aliphatic carbocycles. The first-order chi connectivity index (χ1) is 8.09. The zero-order chi connectivity index (χ0) is 12.4. The highest BCUT2D eigenvalue weighted by Gasteiger charge is 2.28. The average molecular weight is 236 g/mol. The first-order valence-corrected chi connectivity index (χ1v) is 5.89. The van der Waals surface area contributed by atoms with Crippen molar-refractivity contribution in [3.63, 3.8) is 0 Å². The van der Waals surface area contributed by atoms with Gasteiger partial charge in [-0.3, -0.25) is 4.79 Å². The number of anilines is 1. The minimum Gasteiger partial charge on any atom is -0.308 e. The van der Waals surface area contributed by atoms with Crippen LogP contribution in [0.5, 0.6) is 0 Å². The number of rotatable bonds is 1. The zero-order valence-electron chi connectivity index (χ0n) is 10.1. The van der Waals surface area contributed by atoms with Crippen LogP contribution < -0.4 is 10.2 Å². The van der Waals surface area contributed by atoms with Crippen LogP contribution in [0.2, 0.25) is 0 Å². The molecule has 0 radical (unpaired) electrons. The lowest BCUT2D eigenvalue weighted by Crippen LogP contribution is -2.42. The summed E-state index contributed by atoms with van der Waals surface area (Å²) in [6.07, 6.45) is 0. The number of para-hydroxylation sites is 1. The molecule has 1 aromatic carbocycles. The molecule has 1 aromatic rings. The molecule has 1 aliphatic heterocycles. The van der Waals surface area contributed by atoms with Crippen LogP contribution in [0.4, 0.5) is 10.1 Å². The van der Waals surface area contributed by atoms with E-state index in [1.807, 2.05) is 13.8 Å². The Hall–Kier alpha value is -1.42. The van der Waals surface area contributed by atoms with Gasteiger partial charge in [-0.05, 0) is 25.0 Å². The van der Waals surface area contributed by atoms with E-state index in [-0.39, 0.29) is 17.8 Å². The number of carbonyl (C=O) groups excluding carboxylic acids is 1. The number of nitrogens with one attached hydrogen (secondary N) is 1. The van der Waals surface area contributed by atoms with Gasteiger partial charge < -0.3 is 10.2 Å². The summed E-state index contributed by atoms with van der Waals surface area (Å²) in [6, 6.07) is 6.15. The summed E-state index contributed by atoms with van der Waals surface area (Å²) in [5.41, 5.74) is 0.375. The molecule has 1 fully saturated rings. The average Bonchev–Trinajstić information content (AvgIpc) is 2.44. The van der Waals surface area contributed by atoms with Gasteiger partial charge in [0.1, 0.15) is 5.82 Å². The normalized spacial score (nSPS) is 25.8. The minimum absolute atomic E-state index is 0.0700. The molecule has 0 bridgehead atoms. The van der Waals surface area contributed by atoms with Gasteiger partial charge in [0.15, 0.2) is 0 Å². The maximum absolute atomic E-state index is 13.7. The summed E-state index contributed by atoms with van der Waals surface area (Å²) in [5, 5.41) is 3.15. The SMILES string of the molecule is CC1CNC(C)C(=O)N(c2ccccc2F)C1. The lowest BCUT2D eigenvalue weighted by atomic mass is 10.1. The second kappa shape index (κ2) is 4.84. The zero-order valence-corrected chi connectivity index (χ0v) is 10.1. The van der Waals surface area contributed by atoms with Crippen molar-refractivity contribution in [2.24, 2.45) is 5.92 Å². The number of halogens is 1. The quantitative estimate of drug-likeness (QED) is 0.806. The van der Waals surface area contributed by atoms with Gasteiger partial charge in [0, 0.05) is 13.1 Å². The molecule has 0 spiro atoms. The number of carbonyl (C=O) groups is 1. The van der Waals surface area contributed by atoms with Crippen LogP contribution in [0.25, 0.3) is 0 Å². The Labute approximate surface area is 101 Å². The third-order valence-corrected chi connectivity index (χ3v) is 3.05. The smallest absolute Gasteiger partial charge is 0.243 e. The molecule has 2 rings (SSSR count). The van der Waals surface area contributed by atoms with E-state index in [9.17, 15) is 9.18 Å². The van der Waals surface area contributed by atoms with Gasteiger partial charge in [-0.2, -0.15) is 0 Å². The van der Waals surface area contributed by atoms with Gasteiger partial charge in [-0.1, -0.05) is 19.1 Å². The van der Waals surface area contributed by atoms with Crippen LogP contribution in [0.1, 0.15) is 13.8 Å². The van der Waals surface area contributed by atoms with Crippen molar-refractivity contribution in [3.8, 4) is 0 Å². The molecule has 0 saturated carbocycles. The maximum Gasteiger partial charge on any atom is 0.243 e. The van der Waals surface area contributed by atoms with Gasteiger partial charge in [0.25, 0.3) is 0 Å². The summed E-state index contributed by atoms with van der Waals surface area (Å²) in [6.45, 7) is 5.19. The van der Waals surface area contributed by atoms with Crippen molar-refractivity contribution in [2.45, 2.75) is 19.9 Å². The fourth-order valence-corrected chi connectivity index (χ4v) is 2.05. The molecular formula is C13H17FN2O. The fraction of sp³-hybridized carbons (Fsp3) is 0.462. The second-order valence-corrected chi connectivity index (χ2v) is 4.64. The Morgan fingerprint density at radius 2 is 2.06 bits per heavy atom. The van der Waals surface area contributed by atoms with E-state index < -0.39 is 0 Å². The highest BCUT2D eigenvalue weighted by Crippen LogP contribution is 2.22. The molecule has 1 saturated heterocycles. The van der Waals surface area contributed by atoms with E-state index in [0.29, 0.717) is 18.2 Å². The fourth-order valence-electron chi connectivity index (χ4n) is 2.05. The van der Waals surface area contributed by atoms with Crippen LogP contribution in [-0.4, -0.2) is 25.0 Å². The largest absolute Gasteiger partial charge is 0.308 e. The highest BCUT2D eigenvalue weighted by molar-refractivity contribution is 5.97. The van der Waals surface area contributed by atoms with Crippen LogP contribution in [0, 0.1) is 11.7 Å². The van der Waals surface area contributed by atoms with E-state index in [0.717, 1.165) is 6.54 Å². The number of hydrogen-bond acceptors (Lipinski definition) is 2. The van der Waals surface area contributed by atoms with Crippen molar-refractivity contribution in [1.29, 1.82) is 0 Å². The predicted molar refractivity (Wildman–Crippen MR) is 65.4 cm³/mol. The van der Waals surface area contributed by atoms with Crippen LogP contribution in [-0.2, 0) is 4.79 Å². The van der Waals surface area contributed by atoms with E-state index in [1.54, 1.807) is 23.1 Å². The summed E-state index contributed by atoms with van der Waals surface area (Å²) >= 11 is 0. The Bertz CT molecular complexity index is 422. The van der Waals surface area contributed by atoms with Crippen LogP contribution in [0.3, 0.4) is 0 Å². The van der Waals surface area contributed by atoms with Gasteiger partial charge in [0.2, 0.25) is 5.91 Å². The molecule has 2 atom stereocenters. The Morgan fingerprint density at radius 1 is 1.35 bits per heavy atom. The van der Waals surface area contributed by atoms with Gasteiger partial charge in [-0.15, -0.1) is 0 Å². The third kappa shape index (κ3) is 2.47. The van der Waals surface area contributed by atoms with Gasteiger partial charge >= 0.3 is 0 Å². The standard InChI is InChI=1S/C13H17FN2O/c1-9-7-15-10(2)13(17)16(8-9)12-6-4-3-5-11(12)14/h3-6,9-10,15H,7-8H2,1-2H3. The molecule has 0 aromatic heterocycles. The van der Waals surface area contributed by atoms with Crippen molar-refractivity contribution in [3.05, 3.63) is 30.1 Å².